The summed E-state index contributed by atoms with van der Waals surface area (Å²) in [6.45, 7) is 10.1. The van der Waals surface area contributed by atoms with Gasteiger partial charge >= 0.3 is 5.97 Å². The number of carbonyl (C=O) groups excluding carboxylic acids is 1. The van der Waals surface area contributed by atoms with Gasteiger partial charge in [-0.1, -0.05) is 19.1 Å². The Kier molecular flexibility index (Phi) is 5.30. The third kappa shape index (κ3) is 3.79. The Labute approximate surface area is 125 Å². The molecule has 0 bridgehead atoms. The van der Waals surface area contributed by atoms with Gasteiger partial charge < -0.3 is 9.64 Å². The molecule has 1 aromatic heterocycles. The van der Waals surface area contributed by atoms with Crippen molar-refractivity contribution in [3.63, 3.8) is 0 Å². The lowest BCUT2D eigenvalue weighted by Gasteiger charge is -2.32. The van der Waals surface area contributed by atoms with Gasteiger partial charge in [0.05, 0.1) is 19.3 Å². The number of ether oxygens (including phenoxy) is 1. The van der Waals surface area contributed by atoms with Crippen molar-refractivity contribution in [3.8, 4) is 0 Å². The first-order valence-corrected chi connectivity index (χ1v) is 7.45. The minimum atomic E-state index is -0.412. The Bertz CT molecular complexity index is 478. The molecule has 7 nitrogen and oxygen atoms in total. The van der Waals surface area contributed by atoms with E-state index in [0.29, 0.717) is 5.69 Å². The molecule has 118 valence electrons. The molecular weight excluding hydrogens is 270 g/mol. The number of likely N-dealkylation sites (N-methyl/N-ethyl adjacent to an activating group) is 1. The first-order valence-electron chi connectivity index (χ1n) is 7.45. The predicted octanol–water partition coefficient (Wildman–Crippen LogP) is 0.436. The predicted molar refractivity (Wildman–Crippen MR) is 79.4 cm³/mol. The molecule has 1 aromatic rings. The van der Waals surface area contributed by atoms with E-state index in [9.17, 15) is 4.79 Å². The van der Waals surface area contributed by atoms with Crippen LogP contribution in [-0.4, -0.2) is 77.6 Å². The second-order valence-corrected chi connectivity index (χ2v) is 5.84. The van der Waals surface area contributed by atoms with Crippen molar-refractivity contribution >= 4 is 5.97 Å². The highest BCUT2D eigenvalue weighted by atomic mass is 16.5. The molecule has 0 radical (unpaired) electrons. The van der Waals surface area contributed by atoms with Crippen LogP contribution in [-0.2, 0) is 11.3 Å². The molecule has 2 rings (SSSR count). The number of piperazine rings is 1. The van der Waals surface area contributed by atoms with E-state index in [4.69, 9.17) is 4.74 Å². The molecule has 2 heterocycles. The van der Waals surface area contributed by atoms with Gasteiger partial charge in [-0.25, -0.2) is 9.48 Å². The number of hydrogen-bond donors (Lipinski definition) is 0. The molecule has 0 amide bonds. The van der Waals surface area contributed by atoms with Gasteiger partial charge in [0.25, 0.3) is 0 Å². The number of methoxy groups -OCH3 is 1. The molecule has 0 N–H and O–H groups in total. The zero-order chi connectivity index (χ0) is 15.4. The number of rotatable bonds is 5. The van der Waals surface area contributed by atoms with Crippen molar-refractivity contribution in [3.05, 3.63) is 11.4 Å². The van der Waals surface area contributed by atoms with Gasteiger partial charge in [0.15, 0.2) is 5.69 Å². The summed E-state index contributed by atoms with van der Waals surface area (Å²) in [5.74, 6) is -0.230. The fourth-order valence-electron chi connectivity index (χ4n) is 2.61. The van der Waals surface area contributed by atoms with Crippen LogP contribution in [0.1, 0.15) is 35.9 Å². The van der Waals surface area contributed by atoms with Crippen molar-refractivity contribution < 1.29 is 9.53 Å². The Morgan fingerprint density at radius 3 is 2.48 bits per heavy atom. The van der Waals surface area contributed by atoms with Gasteiger partial charge in [0.2, 0.25) is 0 Å². The van der Waals surface area contributed by atoms with Crippen molar-refractivity contribution in [2.24, 2.45) is 0 Å². The van der Waals surface area contributed by atoms with Crippen molar-refractivity contribution in [1.82, 2.24) is 24.8 Å². The molecule has 1 fully saturated rings. The van der Waals surface area contributed by atoms with E-state index in [2.05, 4.69) is 27.2 Å². The van der Waals surface area contributed by atoms with E-state index in [1.54, 1.807) is 0 Å². The maximum Gasteiger partial charge on any atom is 0.360 e. The topological polar surface area (TPSA) is 63.5 Å². The van der Waals surface area contributed by atoms with Crippen LogP contribution in [0.3, 0.4) is 0 Å². The van der Waals surface area contributed by atoms with Gasteiger partial charge in [-0.15, -0.1) is 5.10 Å². The summed E-state index contributed by atoms with van der Waals surface area (Å²) in [4.78, 5) is 16.5. The molecule has 1 aliphatic heterocycles. The summed E-state index contributed by atoms with van der Waals surface area (Å²) >= 11 is 0. The van der Waals surface area contributed by atoms with E-state index in [0.717, 1.165) is 45.0 Å². The quantitative estimate of drug-likeness (QED) is 0.734. The Morgan fingerprint density at radius 2 is 1.90 bits per heavy atom. The molecule has 0 aromatic carbocycles. The highest BCUT2D eigenvalue weighted by molar-refractivity contribution is 5.88. The second-order valence-electron chi connectivity index (χ2n) is 5.84. The van der Waals surface area contributed by atoms with Crippen LogP contribution in [0.4, 0.5) is 0 Å². The van der Waals surface area contributed by atoms with Crippen molar-refractivity contribution in [2.75, 3.05) is 46.9 Å². The van der Waals surface area contributed by atoms with E-state index in [1.165, 1.54) is 7.11 Å². The monoisotopic (exact) mass is 295 g/mol. The maximum absolute atomic E-state index is 11.7. The van der Waals surface area contributed by atoms with Gasteiger partial charge in [-0.3, -0.25) is 4.90 Å². The molecule has 0 unspecified atom stereocenters. The van der Waals surface area contributed by atoms with Crippen LogP contribution in [0.15, 0.2) is 0 Å². The molecule has 1 saturated heterocycles. The van der Waals surface area contributed by atoms with Crippen LogP contribution < -0.4 is 0 Å². The van der Waals surface area contributed by atoms with Crippen LogP contribution in [0.5, 0.6) is 0 Å². The van der Waals surface area contributed by atoms with Crippen LogP contribution in [0, 0.1) is 0 Å². The SMILES string of the molecule is COC(=O)c1nnn(CCN2CCN(C)CC2)c1C(C)C. The van der Waals surface area contributed by atoms with Crippen LogP contribution >= 0.6 is 0 Å². The summed E-state index contributed by atoms with van der Waals surface area (Å²) in [5.41, 5.74) is 1.20. The average Bonchev–Trinajstić information content (AvgIpc) is 2.90. The van der Waals surface area contributed by atoms with Gasteiger partial charge in [-0.05, 0) is 13.0 Å². The highest BCUT2D eigenvalue weighted by Gasteiger charge is 2.23. The van der Waals surface area contributed by atoms with Gasteiger partial charge in [0, 0.05) is 32.7 Å². The third-order valence-electron chi connectivity index (χ3n) is 3.92. The average molecular weight is 295 g/mol. The standard InChI is InChI=1S/C14H25N5O2/c1-11(2)13-12(14(20)21-4)15-16-19(13)10-9-18-7-5-17(3)6-8-18/h11H,5-10H2,1-4H3. The zero-order valence-electron chi connectivity index (χ0n) is 13.4. The summed E-state index contributed by atoms with van der Waals surface area (Å²) in [5, 5.41) is 8.13. The molecule has 0 saturated carbocycles. The number of esters is 1. The summed E-state index contributed by atoms with van der Waals surface area (Å²) in [7, 11) is 3.52. The fourth-order valence-corrected chi connectivity index (χ4v) is 2.61. The third-order valence-corrected chi connectivity index (χ3v) is 3.92. The van der Waals surface area contributed by atoms with E-state index >= 15 is 0 Å². The lowest BCUT2D eigenvalue weighted by molar-refractivity contribution is 0.0592. The van der Waals surface area contributed by atoms with E-state index in [-0.39, 0.29) is 5.92 Å². The fraction of sp³-hybridized carbons (Fsp3) is 0.786. The number of hydrogen-bond acceptors (Lipinski definition) is 6. The molecule has 1 aliphatic rings. The van der Waals surface area contributed by atoms with Crippen molar-refractivity contribution in [1.29, 1.82) is 0 Å². The van der Waals surface area contributed by atoms with Crippen LogP contribution in [0.2, 0.25) is 0 Å². The lowest BCUT2D eigenvalue weighted by atomic mass is 10.1. The smallest absolute Gasteiger partial charge is 0.360 e. The number of aromatic nitrogens is 3. The summed E-state index contributed by atoms with van der Waals surface area (Å²) in [6, 6.07) is 0. The van der Waals surface area contributed by atoms with Crippen LogP contribution in [0.25, 0.3) is 0 Å². The Hall–Kier alpha value is -1.47. The van der Waals surface area contributed by atoms with Gasteiger partial charge in [0.1, 0.15) is 0 Å². The zero-order valence-corrected chi connectivity index (χ0v) is 13.4. The normalized spacial score (nSPS) is 17.4. The number of carbonyl (C=O) groups is 1. The summed E-state index contributed by atoms with van der Waals surface area (Å²) < 4.78 is 6.62. The molecule has 21 heavy (non-hydrogen) atoms. The Balaban J connectivity index is 2.03. The van der Waals surface area contributed by atoms with E-state index < -0.39 is 5.97 Å². The molecule has 0 aliphatic carbocycles. The minimum Gasteiger partial charge on any atom is -0.464 e. The first kappa shape index (κ1) is 15.9. The first-order chi connectivity index (χ1) is 10.0. The number of nitrogens with zero attached hydrogens (tertiary/aromatic N) is 5. The molecule has 7 heteroatoms. The van der Waals surface area contributed by atoms with E-state index in [1.807, 2.05) is 18.5 Å². The summed E-state index contributed by atoms with van der Waals surface area (Å²) in [6.07, 6.45) is 0. The van der Waals surface area contributed by atoms with Gasteiger partial charge in [-0.2, -0.15) is 0 Å². The second kappa shape index (κ2) is 7.00. The minimum absolute atomic E-state index is 0.182. The Morgan fingerprint density at radius 1 is 1.24 bits per heavy atom. The highest BCUT2D eigenvalue weighted by Crippen LogP contribution is 2.18. The largest absolute Gasteiger partial charge is 0.464 e. The molecule has 0 spiro atoms. The molecular formula is C14H25N5O2. The lowest BCUT2D eigenvalue weighted by Crippen LogP contribution is -2.45. The molecule has 0 atom stereocenters. The maximum atomic E-state index is 11.7. The van der Waals surface area contributed by atoms with Crippen molar-refractivity contribution in [2.45, 2.75) is 26.3 Å².